The van der Waals surface area contributed by atoms with E-state index in [1.54, 1.807) is 0 Å². The van der Waals surface area contributed by atoms with Gasteiger partial charge in [-0.1, -0.05) is 54.2 Å². The lowest BCUT2D eigenvalue weighted by Gasteiger charge is -2.28. The maximum absolute atomic E-state index is 12.1. The largest absolute Gasteiger partial charge is 0.352 e. The third kappa shape index (κ3) is 4.07. The van der Waals surface area contributed by atoms with Gasteiger partial charge in [0.25, 0.3) is 5.91 Å². The van der Waals surface area contributed by atoms with Crippen LogP contribution in [0, 0.1) is 11.8 Å². The monoisotopic (exact) mass is 323 g/mol. The zero-order valence-electron chi connectivity index (χ0n) is 11.5. The van der Waals surface area contributed by atoms with Crippen LogP contribution in [0.1, 0.15) is 48.5 Å². The molecule has 0 aliphatic heterocycles. The molecule has 0 heterocycles. The van der Waals surface area contributed by atoms with Gasteiger partial charge in [-0.3, -0.25) is 4.79 Å². The first kappa shape index (κ1) is 14.6. The van der Waals surface area contributed by atoms with E-state index in [1.807, 2.05) is 24.3 Å². The van der Waals surface area contributed by atoms with Gasteiger partial charge in [0.1, 0.15) is 0 Å². The Kier molecular flexibility index (Phi) is 5.44. The van der Waals surface area contributed by atoms with E-state index in [0.29, 0.717) is 5.92 Å². The molecular formula is C16H22BrNO. The molecule has 1 aliphatic rings. The Morgan fingerprint density at radius 1 is 1.26 bits per heavy atom. The SMILES string of the molecule is CC1CCCCC1CNC(=O)c1ccc(CBr)cc1. The predicted molar refractivity (Wildman–Crippen MR) is 82.5 cm³/mol. The fraction of sp³-hybridized carbons (Fsp3) is 0.562. The first-order valence-corrected chi connectivity index (χ1v) is 8.26. The van der Waals surface area contributed by atoms with E-state index in [1.165, 1.54) is 31.2 Å². The zero-order valence-corrected chi connectivity index (χ0v) is 13.1. The molecule has 0 bridgehead atoms. The molecular weight excluding hydrogens is 302 g/mol. The lowest BCUT2D eigenvalue weighted by Crippen LogP contribution is -2.33. The van der Waals surface area contributed by atoms with Gasteiger partial charge in [0, 0.05) is 17.4 Å². The molecule has 3 heteroatoms. The summed E-state index contributed by atoms with van der Waals surface area (Å²) in [6, 6.07) is 7.78. The van der Waals surface area contributed by atoms with Crippen molar-refractivity contribution in [2.45, 2.75) is 37.9 Å². The molecule has 2 nitrogen and oxygen atoms in total. The minimum absolute atomic E-state index is 0.0545. The van der Waals surface area contributed by atoms with Crippen LogP contribution in [-0.2, 0) is 5.33 Å². The Morgan fingerprint density at radius 2 is 1.95 bits per heavy atom. The van der Waals surface area contributed by atoms with Crippen molar-refractivity contribution in [2.24, 2.45) is 11.8 Å². The number of rotatable bonds is 4. The van der Waals surface area contributed by atoms with Crippen molar-refractivity contribution in [3.05, 3.63) is 35.4 Å². The second kappa shape index (κ2) is 7.09. The second-order valence-corrected chi connectivity index (χ2v) is 6.12. The first-order valence-electron chi connectivity index (χ1n) is 7.14. The Balaban J connectivity index is 1.86. The maximum atomic E-state index is 12.1. The maximum Gasteiger partial charge on any atom is 0.251 e. The van der Waals surface area contributed by atoms with Gasteiger partial charge in [0.05, 0.1) is 0 Å². The standard InChI is InChI=1S/C16H22BrNO/c1-12-4-2-3-5-15(12)11-18-16(19)14-8-6-13(10-17)7-9-14/h6-9,12,15H,2-5,10-11H2,1H3,(H,18,19). The van der Waals surface area contributed by atoms with Crippen LogP contribution in [0.2, 0.25) is 0 Å². The third-order valence-electron chi connectivity index (χ3n) is 4.18. The van der Waals surface area contributed by atoms with Crippen molar-refractivity contribution in [3.63, 3.8) is 0 Å². The van der Waals surface area contributed by atoms with E-state index >= 15 is 0 Å². The van der Waals surface area contributed by atoms with E-state index in [2.05, 4.69) is 28.2 Å². The first-order chi connectivity index (χ1) is 9.20. The Bertz CT molecular complexity index is 415. The van der Waals surface area contributed by atoms with Crippen LogP contribution in [0.25, 0.3) is 0 Å². The number of benzene rings is 1. The predicted octanol–water partition coefficient (Wildman–Crippen LogP) is 4.14. The molecule has 2 rings (SSSR count). The van der Waals surface area contributed by atoms with Gasteiger partial charge >= 0.3 is 0 Å². The van der Waals surface area contributed by atoms with E-state index in [9.17, 15) is 4.79 Å². The van der Waals surface area contributed by atoms with Gasteiger partial charge in [-0.25, -0.2) is 0 Å². The van der Waals surface area contributed by atoms with Crippen molar-refractivity contribution in [3.8, 4) is 0 Å². The summed E-state index contributed by atoms with van der Waals surface area (Å²) in [4.78, 5) is 12.1. The second-order valence-electron chi connectivity index (χ2n) is 5.56. The quantitative estimate of drug-likeness (QED) is 0.829. The number of hydrogen-bond acceptors (Lipinski definition) is 1. The summed E-state index contributed by atoms with van der Waals surface area (Å²) >= 11 is 3.41. The molecule has 1 aromatic rings. The molecule has 1 fully saturated rings. The van der Waals surface area contributed by atoms with Crippen molar-refractivity contribution >= 4 is 21.8 Å². The van der Waals surface area contributed by atoms with Gasteiger partial charge in [-0.05, 0) is 36.0 Å². The minimum Gasteiger partial charge on any atom is -0.352 e. The number of amides is 1. The highest BCUT2D eigenvalue weighted by Gasteiger charge is 2.21. The molecule has 1 amide bonds. The number of carbonyl (C=O) groups is 1. The lowest BCUT2D eigenvalue weighted by molar-refractivity contribution is 0.0936. The molecule has 104 valence electrons. The normalized spacial score (nSPS) is 23.1. The van der Waals surface area contributed by atoms with Gasteiger partial charge < -0.3 is 5.32 Å². The molecule has 2 atom stereocenters. The van der Waals surface area contributed by atoms with Crippen LogP contribution in [-0.4, -0.2) is 12.5 Å². The molecule has 0 aromatic heterocycles. The summed E-state index contributed by atoms with van der Waals surface area (Å²) in [6.07, 6.45) is 5.22. The summed E-state index contributed by atoms with van der Waals surface area (Å²) in [6.45, 7) is 3.13. The van der Waals surface area contributed by atoms with Crippen LogP contribution in [0.15, 0.2) is 24.3 Å². The average Bonchev–Trinajstić information content (AvgIpc) is 2.46. The van der Waals surface area contributed by atoms with Crippen LogP contribution in [0.5, 0.6) is 0 Å². The van der Waals surface area contributed by atoms with Crippen LogP contribution < -0.4 is 5.32 Å². The van der Waals surface area contributed by atoms with Crippen LogP contribution in [0.4, 0.5) is 0 Å². The number of halogens is 1. The molecule has 0 spiro atoms. The lowest BCUT2D eigenvalue weighted by atomic mass is 9.80. The van der Waals surface area contributed by atoms with E-state index in [-0.39, 0.29) is 5.91 Å². The van der Waals surface area contributed by atoms with E-state index in [0.717, 1.165) is 23.4 Å². The molecule has 0 saturated heterocycles. The fourth-order valence-electron chi connectivity index (χ4n) is 2.77. The van der Waals surface area contributed by atoms with Crippen LogP contribution in [0.3, 0.4) is 0 Å². The van der Waals surface area contributed by atoms with Crippen molar-refractivity contribution in [2.75, 3.05) is 6.54 Å². The van der Waals surface area contributed by atoms with E-state index < -0.39 is 0 Å². The molecule has 1 aromatic carbocycles. The topological polar surface area (TPSA) is 29.1 Å². The van der Waals surface area contributed by atoms with Crippen molar-refractivity contribution < 1.29 is 4.79 Å². The molecule has 0 radical (unpaired) electrons. The zero-order chi connectivity index (χ0) is 13.7. The van der Waals surface area contributed by atoms with Gasteiger partial charge in [0.2, 0.25) is 0 Å². The number of nitrogens with one attached hydrogen (secondary N) is 1. The number of hydrogen-bond donors (Lipinski definition) is 1. The molecule has 2 unspecified atom stereocenters. The number of alkyl halides is 1. The highest BCUT2D eigenvalue weighted by atomic mass is 79.9. The molecule has 1 aliphatic carbocycles. The highest BCUT2D eigenvalue weighted by Crippen LogP contribution is 2.28. The Hall–Kier alpha value is -0.830. The van der Waals surface area contributed by atoms with Crippen molar-refractivity contribution in [1.29, 1.82) is 0 Å². The number of carbonyl (C=O) groups excluding carboxylic acids is 1. The van der Waals surface area contributed by atoms with Gasteiger partial charge in [-0.15, -0.1) is 0 Å². The van der Waals surface area contributed by atoms with E-state index in [4.69, 9.17) is 0 Å². The summed E-state index contributed by atoms with van der Waals surface area (Å²) in [5.41, 5.74) is 1.95. The highest BCUT2D eigenvalue weighted by molar-refractivity contribution is 9.08. The third-order valence-corrected chi connectivity index (χ3v) is 4.83. The van der Waals surface area contributed by atoms with Gasteiger partial charge in [0.15, 0.2) is 0 Å². The Labute approximate surface area is 124 Å². The molecule has 19 heavy (non-hydrogen) atoms. The molecule has 1 saturated carbocycles. The Morgan fingerprint density at radius 3 is 2.58 bits per heavy atom. The summed E-state index contributed by atoms with van der Waals surface area (Å²) in [5.74, 6) is 1.45. The minimum atomic E-state index is 0.0545. The fourth-order valence-corrected chi connectivity index (χ4v) is 3.14. The average molecular weight is 324 g/mol. The van der Waals surface area contributed by atoms with Crippen LogP contribution >= 0.6 is 15.9 Å². The summed E-state index contributed by atoms with van der Waals surface area (Å²) in [5, 5.41) is 3.91. The summed E-state index contributed by atoms with van der Waals surface area (Å²) in [7, 11) is 0. The van der Waals surface area contributed by atoms with Crippen molar-refractivity contribution in [1.82, 2.24) is 5.32 Å². The van der Waals surface area contributed by atoms with Gasteiger partial charge in [-0.2, -0.15) is 0 Å². The smallest absolute Gasteiger partial charge is 0.251 e. The molecule has 1 N–H and O–H groups in total. The summed E-state index contributed by atoms with van der Waals surface area (Å²) < 4.78 is 0.